The minimum atomic E-state index is -4.15. The van der Waals surface area contributed by atoms with Gasteiger partial charge in [0.15, 0.2) is 0 Å². The molecule has 0 bridgehead atoms. The Morgan fingerprint density at radius 3 is 2.53 bits per heavy atom. The number of aryl methyl sites for hydroxylation is 1. The molecule has 5 heteroatoms. The second-order valence-electron chi connectivity index (χ2n) is 5.36. The number of rotatable bonds is 2. The highest BCUT2D eigenvalue weighted by Gasteiger charge is 2.47. The number of pyridine rings is 1. The van der Waals surface area contributed by atoms with E-state index < -0.39 is 24.1 Å². The van der Waals surface area contributed by atoms with Crippen molar-refractivity contribution in [3.8, 4) is 0 Å². The number of alkyl halides is 3. The lowest BCUT2D eigenvalue weighted by Gasteiger charge is -2.36. The van der Waals surface area contributed by atoms with Crippen LogP contribution in [0.2, 0.25) is 0 Å². The van der Waals surface area contributed by atoms with Crippen LogP contribution < -0.4 is 5.73 Å². The van der Waals surface area contributed by atoms with Gasteiger partial charge < -0.3 is 5.73 Å². The Kier molecular flexibility index (Phi) is 4.13. The molecule has 106 valence electrons. The van der Waals surface area contributed by atoms with Crippen LogP contribution in [0.5, 0.6) is 0 Å². The molecule has 0 aromatic carbocycles. The molecule has 0 amide bonds. The van der Waals surface area contributed by atoms with Crippen LogP contribution in [-0.4, -0.2) is 11.2 Å². The Bertz CT molecular complexity index is 414. The van der Waals surface area contributed by atoms with E-state index in [0.717, 1.165) is 12.1 Å². The molecule has 3 atom stereocenters. The van der Waals surface area contributed by atoms with Gasteiger partial charge in [0.25, 0.3) is 0 Å². The largest absolute Gasteiger partial charge is 0.392 e. The zero-order chi connectivity index (χ0) is 14.0. The van der Waals surface area contributed by atoms with Crippen molar-refractivity contribution in [1.82, 2.24) is 4.98 Å². The quantitative estimate of drug-likeness (QED) is 0.890. The molecule has 2 N–H and O–H groups in total. The van der Waals surface area contributed by atoms with Crippen molar-refractivity contribution in [2.75, 3.05) is 0 Å². The fourth-order valence-electron chi connectivity index (χ4n) is 2.92. The van der Waals surface area contributed by atoms with Gasteiger partial charge in [0.1, 0.15) is 0 Å². The average Bonchev–Trinajstić information content (AvgIpc) is 2.38. The SMILES string of the molecule is Cc1ccc(C(N)C2CCCCC2C(F)(F)F)cn1. The van der Waals surface area contributed by atoms with Crippen molar-refractivity contribution >= 4 is 0 Å². The van der Waals surface area contributed by atoms with Gasteiger partial charge in [-0.1, -0.05) is 18.9 Å². The summed E-state index contributed by atoms with van der Waals surface area (Å²) in [5, 5.41) is 0. The summed E-state index contributed by atoms with van der Waals surface area (Å²) in [5.74, 6) is -1.81. The molecule has 0 saturated heterocycles. The molecule has 1 aliphatic carbocycles. The zero-order valence-corrected chi connectivity index (χ0v) is 11.0. The van der Waals surface area contributed by atoms with E-state index >= 15 is 0 Å². The molecule has 1 saturated carbocycles. The summed E-state index contributed by atoms with van der Waals surface area (Å²) in [7, 11) is 0. The van der Waals surface area contributed by atoms with E-state index in [1.165, 1.54) is 0 Å². The number of nitrogens with two attached hydrogens (primary N) is 1. The van der Waals surface area contributed by atoms with E-state index in [-0.39, 0.29) is 6.42 Å². The van der Waals surface area contributed by atoms with E-state index in [2.05, 4.69) is 4.98 Å². The first kappa shape index (κ1) is 14.3. The van der Waals surface area contributed by atoms with Gasteiger partial charge >= 0.3 is 6.18 Å². The molecule has 19 heavy (non-hydrogen) atoms. The minimum absolute atomic E-state index is 0.196. The molecule has 1 aromatic heterocycles. The summed E-state index contributed by atoms with van der Waals surface area (Å²) >= 11 is 0. The molecular weight excluding hydrogens is 253 g/mol. The van der Waals surface area contributed by atoms with Crippen LogP contribution in [-0.2, 0) is 0 Å². The van der Waals surface area contributed by atoms with Crippen molar-refractivity contribution in [2.24, 2.45) is 17.6 Å². The summed E-state index contributed by atoms with van der Waals surface area (Å²) in [6.45, 7) is 1.84. The Hall–Kier alpha value is -1.10. The Labute approximate surface area is 111 Å². The van der Waals surface area contributed by atoms with Crippen molar-refractivity contribution in [3.63, 3.8) is 0 Å². The van der Waals surface area contributed by atoms with Gasteiger partial charge in [0.2, 0.25) is 0 Å². The van der Waals surface area contributed by atoms with E-state index in [1.807, 2.05) is 6.92 Å². The monoisotopic (exact) mass is 272 g/mol. The third-order valence-corrected chi connectivity index (χ3v) is 4.02. The lowest BCUT2D eigenvalue weighted by Crippen LogP contribution is -2.38. The fraction of sp³-hybridized carbons (Fsp3) is 0.643. The van der Waals surface area contributed by atoms with Gasteiger partial charge in [-0.2, -0.15) is 13.2 Å². The molecule has 0 aliphatic heterocycles. The number of hydrogen-bond donors (Lipinski definition) is 1. The van der Waals surface area contributed by atoms with Crippen molar-refractivity contribution < 1.29 is 13.2 Å². The lowest BCUT2D eigenvalue weighted by molar-refractivity contribution is -0.198. The predicted octanol–water partition coefficient (Wildman–Crippen LogP) is 3.76. The van der Waals surface area contributed by atoms with E-state index in [9.17, 15) is 13.2 Å². The first-order chi connectivity index (χ1) is 8.89. The standard InChI is InChI=1S/C14H19F3N2/c1-9-6-7-10(8-19-9)13(18)11-4-2-3-5-12(11)14(15,16)17/h6-8,11-13H,2-5,18H2,1H3. The Morgan fingerprint density at radius 1 is 1.26 bits per heavy atom. The summed E-state index contributed by atoms with van der Waals surface area (Å²) in [4.78, 5) is 4.12. The normalized spacial score (nSPS) is 26.2. The summed E-state index contributed by atoms with van der Waals surface area (Å²) in [6, 6.07) is 3.00. The van der Waals surface area contributed by atoms with Crippen LogP contribution >= 0.6 is 0 Å². The third-order valence-electron chi connectivity index (χ3n) is 4.02. The molecule has 2 rings (SSSR count). The molecule has 1 aliphatic rings. The smallest absolute Gasteiger partial charge is 0.324 e. The van der Waals surface area contributed by atoms with Crippen LogP contribution in [0.1, 0.15) is 43.0 Å². The van der Waals surface area contributed by atoms with Crippen LogP contribution in [0.4, 0.5) is 13.2 Å². The zero-order valence-electron chi connectivity index (χ0n) is 11.0. The molecule has 1 heterocycles. The van der Waals surface area contributed by atoms with E-state index in [0.29, 0.717) is 18.4 Å². The fourth-order valence-corrected chi connectivity index (χ4v) is 2.92. The predicted molar refractivity (Wildman–Crippen MR) is 67.4 cm³/mol. The van der Waals surface area contributed by atoms with Gasteiger partial charge in [0, 0.05) is 17.9 Å². The van der Waals surface area contributed by atoms with Gasteiger partial charge in [-0.3, -0.25) is 4.98 Å². The molecular formula is C14H19F3N2. The molecule has 1 fully saturated rings. The van der Waals surface area contributed by atoms with Crippen molar-refractivity contribution in [3.05, 3.63) is 29.6 Å². The maximum Gasteiger partial charge on any atom is 0.392 e. The van der Waals surface area contributed by atoms with E-state index in [4.69, 9.17) is 5.73 Å². The molecule has 0 spiro atoms. The summed E-state index contributed by atoms with van der Waals surface area (Å²) in [6.07, 6.45) is -0.354. The summed E-state index contributed by atoms with van der Waals surface area (Å²) < 4.78 is 39.2. The number of halogens is 3. The van der Waals surface area contributed by atoms with Gasteiger partial charge in [-0.25, -0.2) is 0 Å². The number of nitrogens with zero attached hydrogens (tertiary/aromatic N) is 1. The number of aromatic nitrogens is 1. The highest BCUT2D eigenvalue weighted by molar-refractivity contribution is 5.18. The van der Waals surface area contributed by atoms with Crippen LogP contribution in [0.15, 0.2) is 18.3 Å². The van der Waals surface area contributed by atoms with Crippen molar-refractivity contribution in [1.29, 1.82) is 0 Å². The van der Waals surface area contributed by atoms with Gasteiger partial charge in [-0.15, -0.1) is 0 Å². The van der Waals surface area contributed by atoms with Crippen LogP contribution in [0, 0.1) is 18.8 Å². The van der Waals surface area contributed by atoms with Gasteiger partial charge in [-0.05, 0) is 37.3 Å². The summed E-state index contributed by atoms with van der Waals surface area (Å²) in [5.41, 5.74) is 7.61. The number of hydrogen-bond acceptors (Lipinski definition) is 2. The maximum absolute atomic E-state index is 13.1. The Morgan fingerprint density at radius 2 is 1.95 bits per heavy atom. The lowest BCUT2D eigenvalue weighted by atomic mass is 9.73. The second-order valence-corrected chi connectivity index (χ2v) is 5.36. The third kappa shape index (κ3) is 3.26. The molecule has 0 radical (unpaired) electrons. The maximum atomic E-state index is 13.1. The molecule has 2 nitrogen and oxygen atoms in total. The molecule has 3 unspecified atom stereocenters. The van der Waals surface area contributed by atoms with Crippen LogP contribution in [0.3, 0.4) is 0 Å². The first-order valence-electron chi connectivity index (χ1n) is 6.64. The minimum Gasteiger partial charge on any atom is -0.324 e. The topological polar surface area (TPSA) is 38.9 Å². The van der Waals surface area contributed by atoms with Crippen molar-refractivity contribution in [2.45, 2.75) is 44.8 Å². The highest BCUT2D eigenvalue weighted by atomic mass is 19.4. The Balaban J connectivity index is 2.20. The van der Waals surface area contributed by atoms with Crippen LogP contribution in [0.25, 0.3) is 0 Å². The first-order valence-corrected chi connectivity index (χ1v) is 6.64. The average molecular weight is 272 g/mol. The van der Waals surface area contributed by atoms with E-state index in [1.54, 1.807) is 18.3 Å². The second kappa shape index (κ2) is 5.49. The highest BCUT2D eigenvalue weighted by Crippen LogP contribution is 2.45. The molecule has 1 aromatic rings. The van der Waals surface area contributed by atoms with Gasteiger partial charge in [0.05, 0.1) is 5.92 Å².